The van der Waals surface area contributed by atoms with Crippen LogP contribution >= 0.6 is 0 Å². The molecule has 0 radical (unpaired) electrons. The van der Waals surface area contributed by atoms with Gasteiger partial charge in [-0.25, -0.2) is 9.49 Å². The number of hydrogen-bond donors (Lipinski definition) is 2. The molecule has 1 aromatic heterocycles. The summed E-state index contributed by atoms with van der Waals surface area (Å²) in [6.45, 7) is 1.46. The van der Waals surface area contributed by atoms with Gasteiger partial charge < -0.3 is 10.1 Å². The van der Waals surface area contributed by atoms with Crippen LogP contribution in [0.15, 0.2) is 41.2 Å². The SMILES string of the molecule is O=C(NCC1(c2cccc(F)c2)CCOCC1)c1ccc(=O)[nH]n1. The molecule has 1 aromatic carbocycles. The standard InChI is InChI=1S/C17H18FN3O3/c18-13-3-1-2-12(10-13)17(6-8-24-9-7-17)11-19-16(23)14-4-5-15(22)21-20-14/h1-5,10H,6-9,11H2,(H,19,23)(H,21,22). The molecule has 24 heavy (non-hydrogen) atoms. The number of rotatable bonds is 4. The maximum atomic E-state index is 13.6. The van der Waals surface area contributed by atoms with E-state index in [1.54, 1.807) is 6.07 Å². The number of aromatic amines is 1. The van der Waals surface area contributed by atoms with Gasteiger partial charge in [-0.1, -0.05) is 12.1 Å². The minimum absolute atomic E-state index is 0.135. The summed E-state index contributed by atoms with van der Waals surface area (Å²) in [5.41, 5.74) is 0.238. The molecule has 0 saturated carbocycles. The summed E-state index contributed by atoms with van der Waals surface area (Å²) in [7, 11) is 0. The number of carbonyl (C=O) groups is 1. The number of hydrogen-bond acceptors (Lipinski definition) is 4. The molecule has 2 heterocycles. The Hall–Kier alpha value is -2.54. The molecule has 0 bridgehead atoms. The van der Waals surface area contributed by atoms with Crippen molar-refractivity contribution in [2.45, 2.75) is 18.3 Å². The molecule has 1 fully saturated rings. The van der Waals surface area contributed by atoms with E-state index in [4.69, 9.17) is 4.74 Å². The first kappa shape index (κ1) is 16.3. The quantitative estimate of drug-likeness (QED) is 0.887. The van der Waals surface area contributed by atoms with Gasteiger partial charge in [0.25, 0.3) is 11.5 Å². The monoisotopic (exact) mass is 331 g/mol. The first-order valence-electron chi connectivity index (χ1n) is 7.77. The normalized spacial score (nSPS) is 16.5. The van der Waals surface area contributed by atoms with Crippen LogP contribution in [0.25, 0.3) is 0 Å². The number of carbonyl (C=O) groups excluding carboxylic acids is 1. The fourth-order valence-electron chi connectivity index (χ4n) is 2.96. The van der Waals surface area contributed by atoms with Crippen LogP contribution in [-0.4, -0.2) is 35.9 Å². The molecule has 0 unspecified atom stereocenters. The van der Waals surface area contributed by atoms with Crippen LogP contribution in [0.4, 0.5) is 4.39 Å². The van der Waals surface area contributed by atoms with E-state index in [-0.39, 0.29) is 28.4 Å². The van der Waals surface area contributed by atoms with E-state index in [1.807, 2.05) is 6.07 Å². The number of ether oxygens (including phenoxy) is 1. The molecule has 1 amide bonds. The zero-order chi connectivity index (χ0) is 17.0. The zero-order valence-electron chi connectivity index (χ0n) is 13.0. The molecule has 6 nitrogen and oxygen atoms in total. The molecule has 1 aliphatic rings. The van der Waals surface area contributed by atoms with Crippen LogP contribution in [0.2, 0.25) is 0 Å². The van der Waals surface area contributed by atoms with Crippen molar-refractivity contribution in [2.24, 2.45) is 0 Å². The van der Waals surface area contributed by atoms with Gasteiger partial charge in [-0.15, -0.1) is 0 Å². The fraction of sp³-hybridized carbons (Fsp3) is 0.353. The van der Waals surface area contributed by atoms with Crippen molar-refractivity contribution >= 4 is 5.91 Å². The van der Waals surface area contributed by atoms with Crippen molar-refractivity contribution < 1.29 is 13.9 Å². The van der Waals surface area contributed by atoms with Crippen molar-refractivity contribution in [2.75, 3.05) is 19.8 Å². The van der Waals surface area contributed by atoms with Crippen molar-refractivity contribution in [3.63, 3.8) is 0 Å². The van der Waals surface area contributed by atoms with Crippen LogP contribution < -0.4 is 10.9 Å². The molecule has 7 heteroatoms. The highest BCUT2D eigenvalue weighted by Crippen LogP contribution is 2.34. The molecule has 1 aliphatic heterocycles. The van der Waals surface area contributed by atoms with Gasteiger partial charge in [0.2, 0.25) is 0 Å². The van der Waals surface area contributed by atoms with Gasteiger partial charge in [-0.2, -0.15) is 5.10 Å². The van der Waals surface area contributed by atoms with Gasteiger partial charge in [0.1, 0.15) is 11.5 Å². The van der Waals surface area contributed by atoms with E-state index in [0.29, 0.717) is 32.6 Å². The molecule has 2 N–H and O–H groups in total. The Kier molecular flexibility index (Phi) is 4.71. The second-order valence-electron chi connectivity index (χ2n) is 5.89. The second kappa shape index (κ2) is 6.92. The number of amides is 1. The number of nitrogens with zero attached hydrogens (tertiary/aromatic N) is 1. The van der Waals surface area contributed by atoms with Gasteiger partial charge in [0.15, 0.2) is 0 Å². The summed E-state index contributed by atoms with van der Waals surface area (Å²) in [4.78, 5) is 23.3. The Bertz CT molecular complexity index is 764. The molecule has 3 rings (SSSR count). The molecule has 126 valence electrons. The molecule has 0 aliphatic carbocycles. The Morgan fingerprint density at radius 1 is 1.29 bits per heavy atom. The smallest absolute Gasteiger partial charge is 0.271 e. The summed E-state index contributed by atoms with van der Waals surface area (Å²) >= 11 is 0. The van der Waals surface area contributed by atoms with Crippen LogP contribution in [0, 0.1) is 5.82 Å². The van der Waals surface area contributed by atoms with Crippen molar-refractivity contribution in [1.29, 1.82) is 0 Å². The van der Waals surface area contributed by atoms with E-state index in [2.05, 4.69) is 15.5 Å². The van der Waals surface area contributed by atoms with Gasteiger partial charge in [-0.05, 0) is 36.6 Å². The highest BCUT2D eigenvalue weighted by molar-refractivity contribution is 5.92. The first-order chi connectivity index (χ1) is 11.6. The topological polar surface area (TPSA) is 84.1 Å². The number of nitrogens with one attached hydrogen (secondary N) is 2. The minimum Gasteiger partial charge on any atom is -0.381 e. The first-order valence-corrected chi connectivity index (χ1v) is 7.77. The summed E-state index contributed by atoms with van der Waals surface area (Å²) in [5, 5.41) is 8.79. The van der Waals surface area contributed by atoms with E-state index >= 15 is 0 Å². The Balaban J connectivity index is 1.79. The largest absolute Gasteiger partial charge is 0.381 e. The van der Waals surface area contributed by atoms with Gasteiger partial charge in [0, 0.05) is 31.2 Å². The molecule has 2 aromatic rings. The molecular weight excluding hydrogens is 313 g/mol. The van der Waals surface area contributed by atoms with Crippen LogP contribution in [0.5, 0.6) is 0 Å². The summed E-state index contributed by atoms with van der Waals surface area (Å²) in [6.07, 6.45) is 1.38. The number of H-pyrrole nitrogens is 1. The minimum atomic E-state index is -0.381. The summed E-state index contributed by atoms with van der Waals surface area (Å²) in [6, 6.07) is 9.08. The summed E-state index contributed by atoms with van der Waals surface area (Å²) < 4.78 is 19.1. The van der Waals surface area contributed by atoms with Crippen LogP contribution in [0.3, 0.4) is 0 Å². The van der Waals surface area contributed by atoms with Crippen LogP contribution in [0.1, 0.15) is 28.9 Å². The molecule has 0 atom stereocenters. The zero-order valence-corrected chi connectivity index (χ0v) is 13.0. The third-order valence-electron chi connectivity index (χ3n) is 4.39. The summed E-state index contributed by atoms with van der Waals surface area (Å²) in [5.74, 6) is -0.680. The highest BCUT2D eigenvalue weighted by atomic mass is 19.1. The maximum absolute atomic E-state index is 13.6. The lowest BCUT2D eigenvalue weighted by Crippen LogP contribution is -2.44. The third-order valence-corrected chi connectivity index (χ3v) is 4.39. The van der Waals surface area contributed by atoms with E-state index in [0.717, 1.165) is 5.56 Å². The van der Waals surface area contributed by atoms with E-state index in [1.165, 1.54) is 24.3 Å². The predicted molar refractivity (Wildman–Crippen MR) is 85.3 cm³/mol. The average Bonchev–Trinajstić information content (AvgIpc) is 2.61. The van der Waals surface area contributed by atoms with E-state index in [9.17, 15) is 14.0 Å². The average molecular weight is 331 g/mol. The molecule has 1 saturated heterocycles. The fourth-order valence-corrected chi connectivity index (χ4v) is 2.96. The van der Waals surface area contributed by atoms with Gasteiger partial charge in [-0.3, -0.25) is 9.59 Å². The van der Waals surface area contributed by atoms with Gasteiger partial charge in [0.05, 0.1) is 0 Å². The van der Waals surface area contributed by atoms with Crippen molar-refractivity contribution in [3.05, 3.63) is 63.8 Å². The number of halogens is 1. The predicted octanol–water partition coefficient (Wildman–Crippen LogP) is 1.39. The van der Waals surface area contributed by atoms with Crippen molar-refractivity contribution in [1.82, 2.24) is 15.5 Å². The molecular formula is C17H18FN3O3. The number of benzene rings is 1. The van der Waals surface area contributed by atoms with E-state index < -0.39 is 0 Å². The number of aromatic nitrogens is 2. The Labute approximate surface area is 138 Å². The lowest BCUT2D eigenvalue weighted by molar-refractivity contribution is 0.0485. The van der Waals surface area contributed by atoms with Gasteiger partial charge >= 0.3 is 0 Å². The lowest BCUT2D eigenvalue weighted by Gasteiger charge is -2.38. The Morgan fingerprint density at radius 3 is 2.75 bits per heavy atom. The second-order valence-corrected chi connectivity index (χ2v) is 5.89. The molecule has 0 spiro atoms. The maximum Gasteiger partial charge on any atom is 0.271 e. The van der Waals surface area contributed by atoms with Crippen LogP contribution in [-0.2, 0) is 10.2 Å². The van der Waals surface area contributed by atoms with Crippen molar-refractivity contribution in [3.8, 4) is 0 Å². The highest BCUT2D eigenvalue weighted by Gasteiger charge is 2.35. The third kappa shape index (κ3) is 3.51. The lowest BCUT2D eigenvalue weighted by atomic mass is 9.74. The Morgan fingerprint density at radius 2 is 2.08 bits per heavy atom.